The highest BCUT2D eigenvalue weighted by Crippen LogP contribution is 2.17. The molecular formula is C12H14N2O4. The second-order valence-corrected chi connectivity index (χ2v) is 4.12. The largest absolute Gasteiger partial charge is 0.376 e. The molecule has 0 spiro atoms. The zero-order valence-corrected chi connectivity index (χ0v) is 9.80. The Labute approximate surface area is 104 Å². The number of nitro benzene ring substituents is 1. The average molecular weight is 250 g/mol. The summed E-state index contributed by atoms with van der Waals surface area (Å²) >= 11 is 0. The number of nitrogens with zero attached hydrogens (tertiary/aromatic N) is 1. The highest BCUT2D eigenvalue weighted by molar-refractivity contribution is 5.98. The van der Waals surface area contributed by atoms with E-state index in [2.05, 4.69) is 5.32 Å². The zero-order chi connectivity index (χ0) is 13.0. The molecule has 18 heavy (non-hydrogen) atoms. The summed E-state index contributed by atoms with van der Waals surface area (Å²) in [6.07, 6.45) is 1.93. The summed E-state index contributed by atoms with van der Waals surface area (Å²) in [5.41, 5.74) is -0.0946. The Kier molecular flexibility index (Phi) is 3.88. The van der Waals surface area contributed by atoms with Gasteiger partial charge in [-0.2, -0.15) is 0 Å². The second-order valence-electron chi connectivity index (χ2n) is 4.12. The Morgan fingerprint density at radius 2 is 2.28 bits per heavy atom. The number of rotatable bonds is 4. The van der Waals surface area contributed by atoms with Crippen LogP contribution in [0.4, 0.5) is 5.69 Å². The normalized spacial score (nSPS) is 18.6. The van der Waals surface area contributed by atoms with E-state index in [1.807, 2.05) is 0 Å². The minimum atomic E-state index is -0.555. The highest BCUT2D eigenvalue weighted by Gasteiger charge is 2.21. The zero-order valence-electron chi connectivity index (χ0n) is 9.80. The Morgan fingerprint density at radius 3 is 2.94 bits per heavy atom. The molecule has 2 rings (SSSR count). The van der Waals surface area contributed by atoms with Crippen molar-refractivity contribution in [1.82, 2.24) is 5.32 Å². The van der Waals surface area contributed by atoms with E-state index in [1.54, 1.807) is 6.07 Å². The number of carbonyl (C=O) groups excluding carboxylic acids is 1. The van der Waals surface area contributed by atoms with E-state index in [4.69, 9.17) is 4.74 Å². The summed E-state index contributed by atoms with van der Waals surface area (Å²) in [5, 5.41) is 13.5. The van der Waals surface area contributed by atoms with Gasteiger partial charge in [0.1, 0.15) is 5.56 Å². The fourth-order valence-electron chi connectivity index (χ4n) is 1.93. The number of hydrogen-bond donors (Lipinski definition) is 1. The van der Waals surface area contributed by atoms with Crippen molar-refractivity contribution in [3.63, 3.8) is 0 Å². The summed E-state index contributed by atoms with van der Waals surface area (Å²) in [6.45, 7) is 1.11. The molecule has 1 atom stereocenters. The van der Waals surface area contributed by atoms with Crippen LogP contribution in [0.2, 0.25) is 0 Å². The SMILES string of the molecule is O=C(NC[C@H]1CCCO1)c1ccccc1[N+](=O)[O-]. The molecule has 0 unspecified atom stereocenters. The van der Waals surface area contributed by atoms with Gasteiger partial charge in [0, 0.05) is 19.2 Å². The highest BCUT2D eigenvalue weighted by atomic mass is 16.6. The summed E-state index contributed by atoms with van der Waals surface area (Å²) in [4.78, 5) is 22.1. The van der Waals surface area contributed by atoms with Gasteiger partial charge in [-0.25, -0.2) is 0 Å². The monoisotopic (exact) mass is 250 g/mol. The molecule has 0 radical (unpaired) electrons. The molecule has 0 saturated carbocycles. The molecule has 1 N–H and O–H groups in total. The Bertz CT molecular complexity index is 455. The molecule has 1 aliphatic heterocycles. The van der Waals surface area contributed by atoms with E-state index in [1.165, 1.54) is 18.2 Å². The first-order valence-corrected chi connectivity index (χ1v) is 5.81. The molecule has 1 fully saturated rings. The lowest BCUT2D eigenvalue weighted by Crippen LogP contribution is -2.32. The lowest BCUT2D eigenvalue weighted by atomic mass is 10.1. The number of hydrogen-bond acceptors (Lipinski definition) is 4. The van der Waals surface area contributed by atoms with E-state index in [9.17, 15) is 14.9 Å². The van der Waals surface area contributed by atoms with Crippen molar-refractivity contribution in [3.05, 3.63) is 39.9 Å². The quantitative estimate of drug-likeness (QED) is 0.648. The topological polar surface area (TPSA) is 81.5 Å². The van der Waals surface area contributed by atoms with E-state index >= 15 is 0 Å². The van der Waals surface area contributed by atoms with Crippen LogP contribution in [0.25, 0.3) is 0 Å². The molecule has 0 bridgehead atoms. The van der Waals surface area contributed by atoms with Gasteiger partial charge in [-0.05, 0) is 18.9 Å². The minimum Gasteiger partial charge on any atom is -0.376 e. The molecule has 1 amide bonds. The molecule has 1 aromatic rings. The van der Waals surface area contributed by atoms with Gasteiger partial charge in [-0.15, -0.1) is 0 Å². The van der Waals surface area contributed by atoms with E-state index in [0.29, 0.717) is 13.2 Å². The van der Waals surface area contributed by atoms with Gasteiger partial charge in [0.05, 0.1) is 11.0 Å². The van der Waals surface area contributed by atoms with Gasteiger partial charge in [0.2, 0.25) is 0 Å². The van der Waals surface area contributed by atoms with Gasteiger partial charge >= 0.3 is 0 Å². The first kappa shape index (κ1) is 12.5. The number of benzene rings is 1. The van der Waals surface area contributed by atoms with Crippen LogP contribution in [0.1, 0.15) is 23.2 Å². The standard InChI is InChI=1S/C12H14N2O4/c15-12(13-8-9-4-3-7-18-9)10-5-1-2-6-11(10)14(16)17/h1-2,5-6,9H,3-4,7-8H2,(H,13,15)/t9-/m1/s1. The van der Waals surface area contributed by atoms with Crippen LogP contribution in [-0.4, -0.2) is 30.1 Å². The van der Waals surface area contributed by atoms with E-state index in [-0.39, 0.29) is 17.4 Å². The first-order valence-electron chi connectivity index (χ1n) is 5.81. The average Bonchev–Trinajstić information content (AvgIpc) is 2.89. The van der Waals surface area contributed by atoms with Crippen molar-refractivity contribution < 1.29 is 14.5 Å². The molecule has 96 valence electrons. The maximum atomic E-state index is 11.9. The van der Waals surface area contributed by atoms with Gasteiger partial charge in [0.25, 0.3) is 11.6 Å². The second kappa shape index (κ2) is 5.59. The van der Waals surface area contributed by atoms with Crippen molar-refractivity contribution in [3.8, 4) is 0 Å². The molecule has 6 nitrogen and oxygen atoms in total. The number of amides is 1. The van der Waals surface area contributed by atoms with Crippen LogP contribution in [0.3, 0.4) is 0 Å². The van der Waals surface area contributed by atoms with Crippen molar-refractivity contribution in [2.24, 2.45) is 0 Å². The Morgan fingerprint density at radius 1 is 1.50 bits per heavy atom. The molecule has 6 heteroatoms. The molecule has 1 heterocycles. The van der Waals surface area contributed by atoms with Crippen LogP contribution < -0.4 is 5.32 Å². The predicted octanol–water partition coefficient (Wildman–Crippen LogP) is 1.50. The molecule has 1 saturated heterocycles. The molecule has 1 aliphatic rings. The van der Waals surface area contributed by atoms with Crippen molar-refractivity contribution in [1.29, 1.82) is 0 Å². The summed E-state index contributed by atoms with van der Waals surface area (Å²) in [6, 6.07) is 5.91. The summed E-state index contributed by atoms with van der Waals surface area (Å²) < 4.78 is 5.37. The smallest absolute Gasteiger partial charge is 0.282 e. The first-order chi connectivity index (χ1) is 8.68. The number of para-hydroxylation sites is 1. The van der Waals surface area contributed by atoms with E-state index in [0.717, 1.165) is 12.8 Å². The lowest BCUT2D eigenvalue weighted by molar-refractivity contribution is -0.385. The third-order valence-corrected chi connectivity index (χ3v) is 2.86. The van der Waals surface area contributed by atoms with Crippen LogP contribution in [0.5, 0.6) is 0 Å². The van der Waals surface area contributed by atoms with Gasteiger partial charge < -0.3 is 10.1 Å². The number of carbonyl (C=O) groups is 1. The van der Waals surface area contributed by atoms with Gasteiger partial charge in [0.15, 0.2) is 0 Å². The molecule has 0 aromatic heterocycles. The fraction of sp³-hybridized carbons (Fsp3) is 0.417. The Balaban J connectivity index is 2.01. The van der Waals surface area contributed by atoms with Crippen LogP contribution in [-0.2, 0) is 4.74 Å². The van der Waals surface area contributed by atoms with Gasteiger partial charge in [-0.3, -0.25) is 14.9 Å². The third-order valence-electron chi connectivity index (χ3n) is 2.86. The maximum Gasteiger partial charge on any atom is 0.282 e. The summed E-state index contributed by atoms with van der Waals surface area (Å²) in [7, 11) is 0. The van der Waals surface area contributed by atoms with Crippen molar-refractivity contribution in [2.45, 2.75) is 18.9 Å². The van der Waals surface area contributed by atoms with Crippen LogP contribution in [0.15, 0.2) is 24.3 Å². The fourth-order valence-corrected chi connectivity index (χ4v) is 1.93. The molecular weight excluding hydrogens is 236 g/mol. The van der Waals surface area contributed by atoms with Crippen LogP contribution in [0, 0.1) is 10.1 Å². The molecule has 0 aliphatic carbocycles. The van der Waals surface area contributed by atoms with Crippen LogP contribution >= 0.6 is 0 Å². The molecule has 1 aromatic carbocycles. The number of nitro groups is 1. The maximum absolute atomic E-state index is 11.9. The van der Waals surface area contributed by atoms with E-state index < -0.39 is 10.8 Å². The number of ether oxygens (including phenoxy) is 1. The van der Waals surface area contributed by atoms with Gasteiger partial charge in [-0.1, -0.05) is 12.1 Å². The van der Waals surface area contributed by atoms with Crippen molar-refractivity contribution >= 4 is 11.6 Å². The number of nitrogens with one attached hydrogen (secondary N) is 1. The summed E-state index contributed by atoms with van der Waals surface area (Å²) in [5.74, 6) is -0.433. The predicted molar refractivity (Wildman–Crippen MR) is 64.4 cm³/mol. The Hall–Kier alpha value is -1.95. The minimum absolute atomic E-state index is 0.0247. The lowest BCUT2D eigenvalue weighted by Gasteiger charge is -2.10. The van der Waals surface area contributed by atoms with Crippen molar-refractivity contribution in [2.75, 3.05) is 13.2 Å². The third kappa shape index (κ3) is 2.84.